The average Bonchev–Trinajstić information content (AvgIpc) is 2.36. The van der Waals surface area contributed by atoms with E-state index in [2.05, 4.69) is 0 Å². The molecule has 0 unspecified atom stereocenters. The monoisotopic (exact) mass is 323 g/mol. The van der Waals surface area contributed by atoms with Gasteiger partial charge < -0.3 is 9.64 Å². The third-order valence-corrected chi connectivity index (χ3v) is 4.05. The van der Waals surface area contributed by atoms with E-state index in [4.69, 9.17) is 15.4 Å². The highest BCUT2D eigenvalue weighted by molar-refractivity contribution is 8.13. The number of nitrogens with zero attached hydrogens (tertiary/aromatic N) is 1. The molecule has 0 saturated carbocycles. The van der Waals surface area contributed by atoms with Crippen LogP contribution in [0.5, 0.6) is 0 Å². The molecule has 8 heteroatoms. The normalized spacial score (nSPS) is 11.4. The molecule has 0 heterocycles. The number of rotatable bonds is 5. The molecule has 0 aromatic heterocycles. The van der Waals surface area contributed by atoms with Gasteiger partial charge in [0.15, 0.2) is 0 Å². The molecule has 0 atom stereocenters. The largest absolute Gasteiger partial charge is 0.383 e. The summed E-state index contributed by atoms with van der Waals surface area (Å²) in [6.07, 6.45) is 0. The molecule has 0 N–H and O–H groups in total. The smallest absolute Gasteiger partial charge is 0.261 e. The van der Waals surface area contributed by atoms with Crippen LogP contribution in [0.2, 0.25) is 0 Å². The molecule has 0 aliphatic carbocycles. The lowest BCUT2D eigenvalue weighted by atomic mass is 10.1. The lowest BCUT2D eigenvalue weighted by molar-refractivity contribution is 0.0739. The molecule has 0 aliphatic heterocycles. The molecule has 1 aromatic rings. The summed E-state index contributed by atoms with van der Waals surface area (Å²) < 4.78 is 41.4. The average molecular weight is 324 g/mol. The minimum atomic E-state index is -4.03. The van der Waals surface area contributed by atoms with Crippen LogP contribution in [0.25, 0.3) is 0 Å². The van der Waals surface area contributed by atoms with E-state index in [1.54, 1.807) is 0 Å². The number of aryl methyl sites for hydroxylation is 1. The summed E-state index contributed by atoms with van der Waals surface area (Å²) in [5, 5.41) is 0. The Labute approximate surface area is 121 Å². The minimum absolute atomic E-state index is 0.0372. The molecular weight excluding hydrogens is 309 g/mol. The van der Waals surface area contributed by atoms with Gasteiger partial charge in [-0.3, -0.25) is 4.79 Å². The highest BCUT2D eigenvalue weighted by Gasteiger charge is 2.22. The molecular formula is C12H15ClFNO4S. The Balaban J connectivity index is 3.24. The Morgan fingerprint density at radius 2 is 2.05 bits per heavy atom. The lowest BCUT2D eigenvalue weighted by Crippen LogP contribution is -2.30. The van der Waals surface area contributed by atoms with E-state index in [0.29, 0.717) is 0 Å². The summed E-state index contributed by atoms with van der Waals surface area (Å²) >= 11 is 0. The lowest BCUT2D eigenvalue weighted by Gasteiger charge is -2.18. The van der Waals surface area contributed by atoms with E-state index < -0.39 is 20.8 Å². The maximum atomic E-state index is 14.0. The number of likely N-dealkylation sites (N-methyl/N-ethyl adjacent to an activating group) is 1. The van der Waals surface area contributed by atoms with Gasteiger partial charge >= 0.3 is 0 Å². The third kappa shape index (κ3) is 3.91. The SMILES string of the molecule is COCCN(C)C(=O)c1cc(S(=O)(=O)Cl)cc(C)c1F. The van der Waals surface area contributed by atoms with Crippen LogP contribution in [-0.4, -0.2) is 46.5 Å². The van der Waals surface area contributed by atoms with Crippen molar-refractivity contribution < 1.29 is 22.3 Å². The molecule has 1 aromatic carbocycles. The van der Waals surface area contributed by atoms with Crippen molar-refractivity contribution in [2.24, 2.45) is 0 Å². The number of hydrogen-bond acceptors (Lipinski definition) is 4. The molecule has 5 nitrogen and oxygen atoms in total. The van der Waals surface area contributed by atoms with E-state index >= 15 is 0 Å². The summed E-state index contributed by atoms with van der Waals surface area (Å²) in [4.78, 5) is 13.0. The van der Waals surface area contributed by atoms with Crippen molar-refractivity contribution in [2.75, 3.05) is 27.3 Å². The summed E-state index contributed by atoms with van der Waals surface area (Å²) in [5.41, 5.74) is -0.293. The van der Waals surface area contributed by atoms with Crippen LogP contribution in [0.3, 0.4) is 0 Å². The second-order valence-electron chi connectivity index (χ2n) is 4.26. The molecule has 0 spiro atoms. The fourth-order valence-electron chi connectivity index (χ4n) is 1.57. The van der Waals surface area contributed by atoms with Crippen molar-refractivity contribution in [2.45, 2.75) is 11.8 Å². The second kappa shape index (κ2) is 6.51. The van der Waals surface area contributed by atoms with Crippen LogP contribution in [0, 0.1) is 12.7 Å². The van der Waals surface area contributed by atoms with Crippen molar-refractivity contribution in [3.05, 3.63) is 29.1 Å². The van der Waals surface area contributed by atoms with Crippen LogP contribution in [0.15, 0.2) is 17.0 Å². The van der Waals surface area contributed by atoms with Crippen LogP contribution in [0.1, 0.15) is 15.9 Å². The van der Waals surface area contributed by atoms with Gasteiger partial charge in [-0.25, -0.2) is 12.8 Å². The van der Waals surface area contributed by atoms with Gasteiger partial charge in [0.2, 0.25) is 0 Å². The first-order valence-corrected chi connectivity index (χ1v) is 7.98. The molecule has 0 saturated heterocycles. The quantitative estimate of drug-likeness (QED) is 0.775. The van der Waals surface area contributed by atoms with Crippen LogP contribution in [0.4, 0.5) is 4.39 Å². The first-order valence-electron chi connectivity index (χ1n) is 5.67. The fourth-order valence-corrected chi connectivity index (χ4v) is 2.41. The summed E-state index contributed by atoms with van der Waals surface area (Å²) in [7, 11) is 4.14. The number of amides is 1. The van der Waals surface area contributed by atoms with Crippen LogP contribution in [-0.2, 0) is 13.8 Å². The standard InChI is InChI=1S/C12H15ClFNO4S/c1-8-6-9(20(13,17)18)7-10(11(8)14)12(16)15(2)4-5-19-3/h6-7H,4-5H2,1-3H3. The zero-order valence-electron chi connectivity index (χ0n) is 11.3. The van der Waals surface area contributed by atoms with Gasteiger partial charge in [0.25, 0.3) is 15.0 Å². The summed E-state index contributed by atoms with van der Waals surface area (Å²) in [6, 6.07) is 2.03. The van der Waals surface area contributed by atoms with Gasteiger partial charge in [-0.1, -0.05) is 0 Å². The maximum absolute atomic E-state index is 14.0. The fraction of sp³-hybridized carbons (Fsp3) is 0.417. The molecule has 0 bridgehead atoms. The zero-order valence-corrected chi connectivity index (χ0v) is 12.9. The van der Waals surface area contributed by atoms with Crippen LogP contribution < -0.4 is 0 Å². The minimum Gasteiger partial charge on any atom is -0.383 e. The Bertz CT molecular complexity index is 618. The first kappa shape index (κ1) is 16.9. The number of halogens is 2. The molecule has 1 amide bonds. The van der Waals surface area contributed by atoms with Gasteiger partial charge in [0.1, 0.15) is 5.82 Å². The van der Waals surface area contributed by atoms with Gasteiger partial charge in [0, 0.05) is 31.4 Å². The van der Waals surface area contributed by atoms with Crippen LogP contribution >= 0.6 is 10.7 Å². The third-order valence-electron chi connectivity index (χ3n) is 2.72. The molecule has 20 heavy (non-hydrogen) atoms. The maximum Gasteiger partial charge on any atom is 0.261 e. The van der Waals surface area contributed by atoms with E-state index in [1.165, 1.54) is 26.0 Å². The number of ether oxygens (including phenoxy) is 1. The van der Waals surface area contributed by atoms with Gasteiger partial charge in [-0.05, 0) is 24.6 Å². The van der Waals surface area contributed by atoms with Crippen molar-refractivity contribution in [1.82, 2.24) is 4.90 Å². The predicted molar refractivity (Wildman–Crippen MR) is 73.0 cm³/mol. The first-order chi connectivity index (χ1) is 9.18. The second-order valence-corrected chi connectivity index (χ2v) is 6.83. The van der Waals surface area contributed by atoms with Crippen molar-refractivity contribution in [3.8, 4) is 0 Å². The van der Waals surface area contributed by atoms with E-state index in [-0.39, 0.29) is 29.2 Å². The number of carbonyl (C=O) groups is 1. The summed E-state index contributed by atoms with van der Waals surface area (Å²) in [5.74, 6) is -1.40. The number of methoxy groups -OCH3 is 1. The van der Waals surface area contributed by atoms with Gasteiger partial charge in [0.05, 0.1) is 17.1 Å². The zero-order chi connectivity index (χ0) is 15.5. The van der Waals surface area contributed by atoms with E-state index in [1.807, 2.05) is 0 Å². The highest BCUT2D eigenvalue weighted by atomic mass is 35.7. The number of carbonyl (C=O) groups excluding carboxylic acids is 1. The molecule has 112 valence electrons. The van der Waals surface area contributed by atoms with E-state index in [0.717, 1.165) is 12.1 Å². The van der Waals surface area contributed by atoms with Gasteiger partial charge in [-0.15, -0.1) is 0 Å². The molecule has 1 rings (SSSR count). The molecule has 0 fully saturated rings. The Kier molecular flexibility index (Phi) is 5.50. The molecule has 0 radical (unpaired) electrons. The highest BCUT2D eigenvalue weighted by Crippen LogP contribution is 2.23. The predicted octanol–water partition coefficient (Wildman–Crippen LogP) is 1.78. The summed E-state index contributed by atoms with van der Waals surface area (Å²) in [6.45, 7) is 1.91. The number of hydrogen-bond donors (Lipinski definition) is 0. The van der Waals surface area contributed by atoms with Crippen molar-refractivity contribution >= 4 is 25.6 Å². The van der Waals surface area contributed by atoms with E-state index in [9.17, 15) is 17.6 Å². The topological polar surface area (TPSA) is 63.7 Å². The Morgan fingerprint density at radius 3 is 2.55 bits per heavy atom. The Hall–Kier alpha value is -1.18. The Morgan fingerprint density at radius 1 is 1.45 bits per heavy atom. The molecule has 0 aliphatic rings. The van der Waals surface area contributed by atoms with Crippen molar-refractivity contribution in [1.29, 1.82) is 0 Å². The van der Waals surface area contributed by atoms with Crippen molar-refractivity contribution in [3.63, 3.8) is 0 Å². The number of benzene rings is 1. The van der Waals surface area contributed by atoms with Gasteiger partial charge in [-0.2, -0.15) is 0 Å².